The van der Waals surface area contributed by atoms with E-state index in [0.717, 1.165) is 11.1 Å². The van der Waals surface area contributed by atoms with Gasteiger partial charge in [-0.25, -0.2) is 0 Å². The van der Waals surface area contributed by atoms with Gasteiger partial charge in [-0.15, -0.1) is 0 Å². The van der Waals surface area contributed by atoms with Crippen molar-refractivity contribution < 1.29 is 19.8 Å². The number of aliphatic hydroxyl groups excluding tert-OH is 2. The van der Waals surface area contributed by atoms with Crippen molar-refractivity contribution in [3.8, 4) is 0 Å². The van der Waals surface area contributed by atoms with Crippen molar-refractivity contribution in [1.29, 1.82) is 0 Å². The second kappa shape index (κ2) is 6.99. The molecular formula is C23H28O4. The highest BCUT2D eigenvalue weighted by Crippen LogP contribution is 2.52. The maximum atomic E-state index is 13.2. The molecule has 0 aromatic heterocycles. The Morgan fingerprint density at radius 2 is 1.70 bits per heavy atom. The molecule has 2 N–H and O–H groups in total. The van der Waals surface area contributed by atoms with Crippen LogP contribution < -0.4 is 0 Å². The first-order chi connectivity index (χ1) is 12.8. The third-order valence-electron chi connectivity index (χ3n) is 6.36. The van der Waals surface area contributed by atoms with Crippen LogP contribution in [0, 0.1) is 18.3 Å². The Morgan fingerprint density at radius 3 is 2.22 bits per heavy atom. The summed E-state index contributed by atoms with van der Waals surface area (Å²) in [4.78, 5) is 26.4. The lowest BCUT2D eigenvalue weighted by molar-refractivity contribution is -0.129. The highest BCUT2D eigenvalue weighted by molar-refractivity contribution is 6.25. The maximum Gasteiger partial charge on any atom is 0.183 e. The average Bonchev–Trinajstić information content (AvgIpc) is 3.44. The minimum Gasteiger partial charge on any atom is -0.511 e. The van der Waals surface area contributed by atoms with Crippen LogP contribution in [0.25, 0.3) is 0 Å². The fourth-order valence-corrected chi connectivity index (χ4v) is 4.33. The van der Waals surface area contributed by atoms with E-state index in [1.807, 2.05) is 52.0 Å². The lowest BCUT2D eigenvalue weighted by atomic mass is 9.67. The maximum absolute atomic E-state index is 13.2. The molecule has 0 heterocycles. The number of carbonyl (C=O) groups is 2. The van der Waals surface area contributed by atoms with Crippen LogP contribution in [0.2, 0.25) is 0 Å². The van der Waals surface area contributed by atoms with E-state index in [1.165, 1.54) is 0 Å². The lowest BCUT2D eigenvalue weighted by Crippen LogP contribution is -2.40. The average molecular weight is 368 g/mol. The molecule has 4 nitrogen and oxygen atoms in total. The van der Waals surface area contributed by atoms with Gasteiger partial charge >= 0.3 is 0 Å². The number of Topliss-reactive ketones (excluding diaryl/α,β-unsaturated/α-hetero) is 2. The Balaban J connectivity index is 1.97. The van der Waals surface area contributed by atoms with E-state index in [1.54, 1.807) is 0 Å². The van der Waals surface area contributed by atoms with Gasteiger partial charge in [-0.05, 0) is 44.1 Å². The van der Waals surface area contributed by atoms with Crippen LogP contribution >= 0.6 is 0 Å². The number of hydrogen-bond acceptors (Lipinski definition) is 4. The number of allylic oxidation sites excluding steroid dienone is 3. The molecule has 0 aliphatic heterocycles. The number of benzene rings is 1. The summed E-state index contributed by atoms with van der Waals surface area (Å²) in [7, 11) is 0. The van der Waals surface area contributed by atoms with Gasteiger partial charge in [0.1, 0.15) is 17.1 Å². The summed E-state index contributed by atoms with van der Waals surface area (Å²) >= 11 is 0. The van der Waals surface area contributed by atoms with Crippen LogP contribution in [0.15, 0.2) is 46.9 Å². The Hall–Kier alpha value is -2.36. The fraction of sp³-hybridized carbons (Fsp3) is 0.478. The van der Waals surface area contributed by atoms with Crippen LogP contribution in [-0.2, 0) is 9.59 Å². The smallest absolute Gasteiger partial charge is 0.183 e. The number of aliphatic hydroxyl groups is 2. The molecule has 0 spiro atoms. The van der Waals surface area contributed by atoms with Gasteiger partial charge in [0.05, 0.1) is 5.41 Å². The molecule has 2 unspecified atom stereocenters. The first-order valence-electron chi connectivity index (χ1n) is 9.84. The highest BCUT2D eigenvalue weighted by atomic mass is 16.3. The number of ketones is 2. The van der Waals surface area contributed by atoms with Crippen LogP contribution in [0.1, 0.15) is 63.5 Å². The summed E-state index contributed by atoms with van der Waals surface area (Å²) in [5.41, 5.74) is 1.38. The Bertz CT molecular complexity index is 838. The normalized spacial score (nSPS) is 24.4. The van der Waals surface area contributed by atoms with Crippen LogP contribution in [-0.4, -0.2) is 21.8 Å². The largest absolute Gasteiger partial charge is 0.511 e. The molecule has 3 rings (SSSR count). The van der Waals surface area contributed by atoms with E-state index in [9.17, 15) is 19.8 Å². The van der Waals surface area contributed by atoms with Gasteiger partial charge in [-0.2, -0.15) is 0 Å². The van der Waals surface area contributed by atoms with Gasteiger partial charge in [0.25, 0.3) is 0 Å². The monoisotopic (exact) mass is 368 g/mol. The Labute approximate surface area is 160 Å². The first-order valence-corrected chi connectivity index (χ1v) is 9.84. The highest BCUT2D eigenvalue weighted by Gasteiger charge is 2.53. The van der Waals surface area contributed by atoms with Crippen molar-refractivity contribution >= 4 is 11.6 Å². The van der Waals surface area contributed by atoms with Gasteiger partial charge in [-0.3, -0.25) is 9.59 Å². The fourth-order valence-electron chi connectivity index (χ4n) is 4.33. The molecular weight excluding hydrogens is 340 g/mol. The van der Waals surface area contributed by atoms with Crippen LogP contribution in [0.3, 0.4) is 0 Å². The van der Waals surface area contributed by atoms with E-state index in [0.29, 0.717) is 31.3 Å². The molecule has 0 bridgehead atoms. The molecule has 0 radical (unpaired) electrons. The quantitative estimate of drug-likeness (QED) is 0.686. The van der Waals surface area contributed by atoms with Crippen molar-refractivity contribution in [1.82, 2.24) is 0 Å². The van der Waals surface area contributed by atoms with E-state index in [-0.39, 0.29) is 34.7 Å². The minimum absolute atomic E-state index is 0.0695. The third-order valence-corrected chi connectivity index (χ3v) is 6.36. The first kappa shape index (κ1) is 19.4. The number of aryl methyl sites for hydroxylation is 1. The molecule has 144 valence electrons. The summed E-state index contributed by atoms with van der Waals surface area (Å²) < 4.78 is 0. The molecule has 1 aromatic carbocycles. The topological polar surface area (TPSA) is 74.6 Å². The summed E-state index contributed by atoms with van der Waals surface area (Å²) in [5, 5.41) is 21.3. The summed E-state index contributed by atoms with van der Waals surface area (Å²) in [6.07, 6.45) is 1.85. The predicted octanol–water partition coefficient (Wildman–Crippen LogP) is 5.09. The Kier molecular flexibility index (Phi) is 5.02. The van der Waals surface area contributed by atoms with Gasteiger partial charge in [0.2, 0.25) is 0 Å². The zero-order valence-electron chi connectivity index (χ0n) is 16.5. The van der Waals surface area contributed by atoms with E-state index in [4.69, 9.17) is 0 Å². The zero-order chi connectivity index (χ0) is 19.9. The van der Waals surface area contributed by atoms with Gasteiger partial charge in [-0.1, -0.05) is 50.6 Å². The molecule has 1 saturated carbocycles. The van der Waals surface area contributed by atoms with Gasteiger partial charge < -0.3 is 10.2 Å². The van der Waals surface area contributed by atoms with Crippen LogP contribution in [0.5, 0.6) is 0 Å². The molecule has 4 heteroatoms. The predicted molar refractivity (Wildman–Crippen MR) is 105 cm³/mol. The van der Waals surface area contributed by atoms with Crippen molar-refractivity contribution in [2.75, 3.05) is 0 Å². The zero-order valence-corrected chi connectivity index (χ0v) is 16.5. The summed E-state index contributed by atoms with van der Waals surface area (Å²) in [6.45, 7) is 7.49. The second-order valence-corrected chi connectivity index (χ2v) is 7.75. The summed E-state index contributed by atoms with van der Waals surface area (Å²) in [5.74, 6) is -1.30. The standard InChI is InChI=1S/C23H28O4/c1-5-15-19(24)18(22(27)23(6-2,7-3)21(15)26)20(25)17-12-16(17)14-10-8-13(4)9-11-14/h8-11,16-17,24,26H,5-7,12H2,1-4H3. The van der Waals surface area contributed by atoms with E-state index < -0.39 is 11.2 Å². The van der Waals surface area contributed by atoms with E-state index in [2.05, 4.69) is 0 Å². The van der Waals surface area contributed by atoms with Crippen molar-refractivity contribution in [3.63, 3.8) is 0 Å². The molecule has 1 fully saturated rings. The molecule has 27 heavy (non-hydrogen) atoms. The molecule has 0 saturated heterocycles. The number of rotatable bonds is 6. The van der Waals surface area contributed by atoms with Crippen molar-refractivity contribution in [2.24, 2.45) is 11.3 Å². The molecule has 0 amide bonds. The van der Waals surface area contributed by atoms with E-state index >= 15 is 0 Å². The molecule has 2 aliphatic rings. The number of hydrogen-bond donors (Lipinski definition) is 2. The molecule has 2 aliphatic carbocycles. The minimum atomic E-state index is -1.10. The Morgan fingerprint density at radius 1 is 1.11 bits per heavy atom. The van der Waals surface area contributed by atoms with Crippen LogP contribution in [0.4, 0.5) is 0 Å². The van der Waals surface area contributed by atoms with Gasteiger partial charge in [0.15, 0.2) is 11.6 Å². The summed E-state index contributed by atoms with van der Waals surface area (Å²) in [6, 6.07) is 8.09. The lowest BCUT2D eigenvalue weighted by Gasteiger charge is -2.35. The number of carbonyl (C=O) groups excluding carboxylic acids is 2. The second-order valence-electron chi connectivity index (χ2n) is 7.75. The molecule has 2 atom stereocenters. The third kappa shape index (κ3) is 2.91. The molecule has 1 aromatic rings. The SMILES string of the molecule is CCC1=C(O)C(CC)(CC)C(=O)C(C(=O)C2CC2c2ccc(C)cc2)=C1O. The van der Waals surface area contributed by atoms with Gasteiger partial charge in [0, 0.05) is 11.5 Å². The van der Waals surface area contributed by atoms with Crippen molar-refractivity contribution in [3.05, 3.63) is 58.1 Å². The van der Waals surface area contributed by atoms with Crippen molar-refractivity contribution in [2.45, 2.75) is 59.3 Å².